The zero-order valence-corrected chi connectivity index (χ0v) is 17.4. The van der Waals surface area contributed by atoms with Crippen LogP contribution in [0.2, 0.25) is 0 Å². The van der Waals surface area contributed by atoms with Gasteiger partial charge < -0.3 is 10.6 Å². The van der Waals surface area contributed by atoms with Crippen molar-refractivity contribution < 1.29 is 0 Å². The van der Waals surface area contributed by atoms with Gasteiger partial charge >= 0.3 is 0 Å². The van der Waals surface area contributed by atoms with Crippen molar-refractivity contribution in [3.63, 3.8) is 0 Å². The zero-order valence-electron chi connectivity index (χ0n) is 14.3. The molecule has 2 N–H and O–H groups in total. The Labute approximate surface area is 161 Å². The molecule has 0 spiro atoms. The standard InChI is InChI=1S/C17H28N4S.HI/c1-12(14-6-7-22-11-14)9-19-17(18-3)20-15-8-13(2)21(10-15)16-4-5-16;/h6-7,11-13,15-16H,4-5,8-10H2,1-3H3,(H2,18,19,20);1H. The molecule has 130 valence electrons. The summed E-state index contributed by atoms with van der Waals surface area (Å²) in [5.74, 6) is 1.45. The van der Waals surface area contributed by atoms with Crippen LogP contribution in [0.4, 0.5) is 0 Å². The Balaban J connectivity index is 0.00000192. The highest BCUT2D eigenvalue weighted by Gasteiger charge is 2.38. The molecule has 3 unspecified atom stereocenters. The molecule has 2 heterocycles. The van der Waals surface area contributed by atoms with Crippen LogP contribution in [-0.2, 0) is 0 Å². The van der Waals surface area contributed by atoms with E-state index in [1.165, 1.54) is 24.8 Å². The number of nitrogens with zero attached hydrogens (tertiary/aromatic N) is 2. The monoisotopic (exact) mass is 448 g/mol. The van der Waals surface area contributed by atoms with Crippen LogP contribution in [0.25, 0.3) is 0 Å². The van der Waals surface area contributed by atoms with Crippen LogP contribution in [0.5, 0.6) is 0 Å². The molecule has 1 aromatic heterocycles. The summed E-state index contributed by atoms with van der Waals surface area (Å²) < 4.78 is 0. The maximum absolute atomic E-state index is 4.39. The van der Waals surface area contributed by atoms with Gasteiger partial charge in [0.25, 0.3) is 0 Å². The maximum atomic E-state index is 4.39. The van der Waals surface area contributed by atoms with E-state index in [2.05, 4.69) is 51.2 Å². The lowest BCUT2D eigenvalue weighted by Gasteiger charge is -2.21. The Hall–Kier alpha value is -0.340. The molecule has 2 fully saturated rings. The Kier molecular flexibility index (Phi) is 7.16. The van der Waals surface area contributed by atoms with Crippen LogP contribution < -0.4 is 10.6 Å². The summed E-state index contributed by atoms with van der Waals surface area (Å²) in [5.41, 5.74) is 1.40. The zero-order chi connectivity index (χ0) is 15.5. The normalized spacial score (nSPS) is 26.7. The van der Waals surface area contributed by atoms with Gasteiger partial charge in [-0.2, -0.15) is 11.3 Å². The second-order valence-corrected chi connectivity index (χ2v) is 7.54. The van der Waals surface area contributed by atoms with Crippen molar-refractivity contribution in [3.05, 3.63) is 22.4 Å². The summed E-state index contributed by atoms with van der Waals surface area (Å²) in [7, 11) is 1.86. The molecule has 3 rings (SSSR count). The van der Waals surface area contributed by atoms with Crippen LogP contribution in [0.3, 0.4) is 0 Å². The van der Waals surface area contributed by atoms with Crippen molar-refractivity contribution >= 4 is 41.3 Å². The lowest BCUT2D eigenvalue weighted by atomic mass is 10.1. The topological polar surface area (TPSA) is 39.7 Å². The Bertz CT molecular complexity index is 501. The molecule has 2 aliphatic rings. The van der Waals surface area contributed by atoms with Crippen LogP contribution in [0.15, 0.2) is 21.8 Å². The van der Waals surface area contributed by atoms with Crippen LogP contribution in [0, 0.1) is 0 Å². The van der Waals surface area contributed by atoms with Crippen molar-refractivity contribution in [2.75, 3.05) is 20.1 Å². The number of hydrogen-bond acceptors (Lipinski definition) is 3. The molecule has 1 aliphatic heterocycles. The first-order chi connectivity index (χ1) is 10.7. The minimum Gasteiger partial charge on any atom is -0.356 e. The molecule has 1 aliphatic carbocycles. The maximum Gasteiger partial charge on any atom is 0.191 e. The molecule has 6 heteroatoms. The number of thiophene rings is 1. The Morgan fingerprint density at radius 1 is 1.48 bits per heavy atom. The second-order valence-electron chi connectivity index (χ2n) is 6.76. The molecule has 23 heavy (non-hydrogen) atoms. The van der Waals surface area contributed by atoms with Gasteiger partial charge in [0.1, 0.15) is 0 Å². The first-order valence-corrected chi connectivity index (χ1v) is 9.36. The number of likely N-dealkylation sites (tertiary alicyclic amines) is 1. The first-order valence-electron chi connectivity index (χ1n) is 8.42. The lowest BCUT2D eigenvalue weighted by molar-refractivity contribution is 0.256. The molecule has 1 aromatic rings. The van der Waals surface area contributed by atoms with Gasteiger partial charge in [0, 0.05) is 38.3 Å². The van der Waals surface area contributed by atoms with Gasteiger partial charge in [-0.1, -0.05) is 6.92 Å². The first kappa shape index (κ1) is 19.0. The van der Waals surface area contributed by atoms with E-state index in [1.54, 1.807) is 11.3 Å². The van der Waals surface area contributed by atoms with Gasteiger partial charge in [0.2, 0.25) is 0 Å². The Morgan fingerprint density at radius 3 is 2.87 bits per heavy atom. The molecule has 0 amide bonds. The number of hydrogen-bond donors (Lipinski definition) is 2. The number of guanidine groups is 1. The fraction of sp³-hybridized carbons (Fsp3) is 0.706. The van der Waals surface area contributed by atoms with E-state index in [1.807, 2.05) is 7.05 Å². The average Bonchev–Trinajstić information content (AvgIpc) is 3.07. The van der Waals surface area contributed by atoms with Gasteiger partial charge in [0.05, 0.1) is 0 Å². The second kappa shape index (κ2) is 8.67. The van der Waals surface area contributed by atoms with Gasteiger partial charge in [0.15, 0.2) is 5.96 Å². The third-order valence-electron chi connectivity index (χ3n) is 4.89. The molecule has 4 nitrogen and oxygen atoms in total. The molecule has 0 aromatic carbocycles. The summed E-state index contributed by atoms with van der Waals surface area (Å²) in [5, 5.41) is 11.5. The van der Waals surface area contributed by atoms with E-state index in [0.29, 0.717) is 18.0 Å². The summed E-state index contributed by atoms with van der Waals surface area (Å²) >= 11 is 1.76. The average molecular weight is 448 g/mol. The van der Waals surface area contributed by atoms with Crippen LogP contribution >= 0.6 is 35.3 Å². The van der Waals surface area contributed by atoms with Crippen molar-refractivity contribution in [2.45, 2.75) is 57.2 Å². The smallest absolute Gasteiger partial charge is 0.191 e. The molecule has 0 bridgehead atoms. The molecule has 3 atom stereocenters. The summed E-state index contributed by atoms with van der Waals surface area (Å²) in [6.07, 6.45) is 4.00. The molecular formula is C17H29IN4S. The van der Waals surface area contributed by atoms with E-state index in [9.17, 15) is 0 Å². The molecule has 1 saturated heterocycles. The fourth-order valence-corrected chi connectivity index (χ4v) is 4.17. The van der Waals surface area contributed by atoms with E-state index in [4.69, 9.17) is 0 Å². The lowest BCUT2D eigenvalue weighted by Crippen LogP contribution is -2.45. The third kappa shape index (κ3) is 5.06. The highest BCUT2D eigenvalue weighted by Crippen LogP contribution is 2.33. The summed E-state index contributed by atoms with van der Waals surface area (Å²) in [6.45, 7) is 6.70. The number of halogens is 1. The summed E-state index contributed by atoms with van der Waals surface area (Å²) in [4.78, 5) is 7.06. The van der Waals surface area contributed by atoms with Crippen molar-refractivity contribution in [3.8, 4) is 0 Å². The predicted octanol–water partition coefficient (Wildman–Crippen LogP) is 3.26. The van der Waals surface area contributed by atoms with E-state index >= 15 is 0 Å². The van der Waals surface area contributed by atoms with Crippen molar-refractivity contribution in [1.82, 2.24) is 15.5 Å². The largest absolute Gasteiger partial charge is 0.356 e. The Morgan fingerprint density at radius 2 is 2.26 bits per heavy atom. The van der Waals surface area contributed by atoms with Crippen molar-refractivity contribution in [1.29, 1.82) is 0 Å². The fourth-order valence-electron chi connectivity index (χ4n) is 3.39. The van der Waals surface area contributed by atoms with E-state index in [-0.39, 0.29) is 24.0 Å². The summed E-state index contributed by atoms with van der Waals surface area (Å²) in [6, 6.07) is 4.29. The predicted molar refractivity (Wildman–Crippen MR) is 110 cm³/mol. The molecular weight excluding hydrogens is 419 g/mol. The third-order valence-corrected chi connectivity index (χ3v) is 5.59. The molecule has 1 saturated carbocycles. The number of aliphatic imine (C=N–C) groups is 1. The number of rotatable bonds is 5. The van der Waals surface area contributed by atoms with Crippen LogP contribution in [0.1, 0.15) is 44.6 Å². The van der Waals surface area contributed by atoms with Gasteiger partial charge in [-0.15, -0.1) is 24.0 Å². The van der Waals surface area contributed by atoms with Gasteiger partial charge in [-0.25, -0.2) is 0 Å². The highest BCUT2D eigenvalue weighted by molar-refractivity contribution is 14.0. The quantitative estimate of drug-likeness (QED) is 0.413. The van der Waals surface area contributed by atoms with Crippen LogP contribution in [-0.4, -0.2) is 49.1 Å². The minimum absolute atomic E-state index is 0. The van der Waals surface area contributed by atoms with E-state index < -0.39 is 0 Å². The van der Waals surface area contributed by atoms with E-state index in [0.717, 1.165) is 25.1 Å². The highest BCUT2D eigenvalue weighted by atomic mass is 127. The molecule has 0 radical (unpaired) electrons. The van der Waals surface area contributed by atoms with Crippen molar-refractivity contribution in [2.24, 2.45) is 4.99 Å². The SMILES string of the molecule is CN=C(NCC(C)c1ccsc1)NC1CC(C)N(C2CC2)C1.I. The minimum atomic E-state index is 0. The van der Waals surface area contributed by atoms with Gasteiger partial charge in [-0.05, 0) is 54.5 Å². The van der Waals surface area contributed by atoms with Gasteiger partial charge in [-0.3, -0.25) is 9.89 Å². The number of nitrogens with one attached hydrogen (secondary N) is 2.